The molecule has 0 aliphatic heterocycles. The third-order valence-electron chi connectivity index (χ3n) is 5.29. The van der Waals surface area contributed by atoms with Gasteiger partial charge in [0, 0.05) is 28.7 Å². The number of imidazole rings is 1. The summed E-state index contributed by atoms with van der Waals surface area (Å²) in [7, 11) is 4.00. The van der Waals surface area contributed by atoms with E-state index in [1.807, 2.05) is 56.6 Å². The van der Waals surface area contributed by atoms with Crippen molar-refractivity contribution >= 4 is 17.3 Å². The molecule has 0 atom stereocenters. The van der Waals surface area contributed by atoms with E-state index in [1.54, 1.807) is 28.9 Å². The zero-order valence-electron chi connectivity index (χ0n) is 18.2. The van der Waals surface area contributed by atoms with Crippen molar-refractivity contribution in [2.45, 2.75) is 12.8 Å². The maximum Gasteiger partial charge on any atom is 0.248 e. The number of benzene rings is 2. The molecular formula is C25H25N5O2. The molecule has 7 nitrogen and oxygen atoms in total. The Hall–Kier alpha value is -3.84. The lowest BCUT2D eigenvalue weighted by molar-refractivity contribution is 0.0974. The fraction of sp³-hybridized carbons (Fsp3) is 0.200. The first-order valence-corrected chi connectivity index (χ1v) is 10.5. The first kappa shape index (κ1) is 21.4. The summed E-state index contributed by atoms with van der Waals surface area (Å²) < 4.78 is 1.75. The highest BCUT2D eigenvalue weighted by Crippen LogP contribution is 2.24. The highest BCUT2D eigenvalue weighted by Gasteiger charge is 2.13. The Labute approximate surface area is 186 Å². The van der Waals surface area contributed by atoms with E-state index in [1.165, 1.54) is 0 Å². The Bertz CT molecular complexity index is 1290. The van der Waals surface area contributed by atoms with Crippen molar-refractivity contribution in [3.63, 3.8) is 0 Å². The Morgan fingerprint density at radius 2 is 1.69 bits per heavy atom. The number of nitrogens with zero attached hydrogens (tertiary/aromatic N) is 4. The minimum absolute atomic E-state index is 0.124. The molecule has 7 heteroatoms. The summed E-state index contributed by atoms with van der Waals surface area (Å²) in [5.74, 6) is -0.359. The van der Waals surface area contributed by atoms with Crippen molar-refractivity contribution < 1.29 is 9.59 Å². The molecule has 0 fully saturated rings. The molecule has 0 bridgehead atoms. The Kier molecular flexibility index (Phi) is 6.09. The van der Waals surface area contributed by atoms with E-state index < -0.39 is 5.91 Å². The number of aromatic nitrogens is 3. The average Bonchev–Trinajstić information content (AvgIpc) is 3.22. The lowest BCUT2D eigenvalue weighted by Crippen LogP contribution is -2.14. The van der Waals surface area contributed by atoms with Crippen molar-refractivity contribution in [1.29, 1.82) is 0 Å². The Morgan fingerprint density at radius 3 is 2.44 bits per heavy atom. The van der Waals surface area contributed by atoms with E-state index >= 15 is 0 Å². The molecule has 0 saturated carbocycles. The van der Waals surface area contributed by atoms with Crippen LogP contribution in [0.1, 0.15) is 33.6 Å². The summed E-state index contributed by atoms with van der Waals surface area (Å²) in [6.45, 7) is 0.877. The second kappa shape index (κ2) is 9.11. The molecule has 0 spiro atoms. The predicted octanol–water partition coefficient (Wildman–Crippen LogP) is 3.69. The van der Waals surface area contributed by atoms with Crippen molar-refractivity contribution in [2.75, 3.05) is 20.6 Å². The number of hydrogen-bond acceptors (Lipinski definition) is 5. The average molecular weight is 428 g/mol. The summed E-state index contributed by atoms with van der Waals surface area (Å²) in [5, 5.41) is 4.74. The van der Waals surface area contributed by atoms with E-state index in [2.05, 4.69) is 9.88 Å². The molecule has 0 unspecified atom stereocenters. The van der Waals surface area contributed by atoms with E-state index in [0.717, 1.165) is 29.8 Å². The molecule has 0 saturated heterocycles. The molecule has 32 heavy (non-hydrogen) atoms. The standard InChI is InChI=1S/C25H25N5O2/c1-29(2)13-5-10-23(31)19-8-4-7-18(15-19)22-16-27-24-12-11-21(28-30(22)24)17-6-3-9-20(14-17)25(26)32/h3-4,6-9,11-12,14-16H,5,10,13H2,1-2H3,(H2,26,32). The summed E-state index contributed by atoms with van der Waals surface area (Å²) in [4.78, 5) is 30.7. The number of Topliss-reactive ketones (excluding diaryl/α,β-unsaturated/α-hetero) is 1. The van der Waals surface area contributed by atoms with Crippen LogP contribution in [0.5, 0.6) is 0 Å². The van der Waals surface area contributed by atoms with Crippen LogP contribution in [0, 0.1) is 0 Å². The molecule has 0 aliphatic rings. The van der Waals surface area contributed by atoms with Gasteiger partial charge in [-0.2, -0.15) is 5.10 Å². The summed E-state index contributed by atoms with van der Waals surface area (Å²) in [5.41, 5.74) is 10.3. The van der Waals surface area contributed by atoms with Crippen LogP contribution in [0.25, 0.3) is 28.2 Å². The number of ketones is 1. The number of fused-ring (bicyclic) bond motifs is 1. The largest absolute Gasteiger partial charge is 0.366 e. The van der Waals surface area contributed by atoms with Crippen LogP contribution in [0.3, 0.4) is 0 Å². The van der Waals surface area contributed by atoms with Gasteiger partial charge >= 0.3 is 0 Å². The van der Waals surface area contributed by atoms with E-state index in [4.69, 9.17) is 10.8 Å². The van der Waals surface area contributed by atoms with Gasteiger partial charge in [-0.25, -0.2) is 9.50 Å². The third kappa shape index (κ3) is 4.58. The zero-order chi connectivity index (χ0) is 22.7. The Morgan fingerprint density at radius 1 is 0.969 bits per heavy atom. The van der Waals surface area contributed by atoms with Gasteiger partial charge in [-0.15, -0.1) is 0 Å². The van der Waals surface area contributed by atoms with Crippen LogP contribution in [-0.2, 0) is 0 Å². The molecule has 2 N–H and O–H groups in total. The lowest BCUT2D eigenvalue weighted by Gasteiger charge is -2.09. The summed E-state index contributed by atoms with van der Waals surface area (Å²) in [6, 6.07) is 18.4. The molecule has 2 aromatic heterocycles. The first-order valence-electron chi connectivity index (χ1n) is 10.5. The quantitative estimate of drug-likeness (QED) is 0.433. The minimum atomic E-state index is -0.483. The second-order valence-corrected chi connectivity index (χ2v) is 7.99. The van der Waals surface area contributed by atoms with Gasteiger partial charge in [-0.05, 0) is 57.4 Å². The summed E-state index contributed by atoms with van der Waals surface area (Å²) >= 11 is 0. The molecule has 162 valence electrons. The minimum Gasteiger partial charge on any atom is -0.366 e. The van der Waals surface area contributed by atoms with Gasteiger partial charge in [-0.3, -0.25) is 9.59 Å². The Balaban J connectivity index is 1.67. The third-order valence-corrected chi connectivity index (χ3v) is 5.29. The first-order chi connectivity index (χ1) is 15.4. The number of carbonyl (C=O) groups is 2. The van der Waals surface area contributed by atoms with Crippen molar-refractivity contribution in [1.82, 2.24) is 19.5 Å². The van der Waals surface area contributed by atoms with Gasteiger partial charge in [0.05, 0.1) is 17.6 Å². The highest BCUT2D eigenvalue weighted by atomic mass is 16.1. The van der Waals surface area contributed by atoms with Gasteiger partial charge in [0.25, 0.3) is 0 Å². The molecular weight excluding hydrogens is 402 g/mol. The SMILES string of the molecule is CN(C)CCCC(=O)c1cccc(-c2cnc3ccc(-c4cccc(C(N)=O)c4)nn23)c1. The van der Waals surface area contributed by atoms with Crippen LogP contribution in [-0.4, -0.2) is 51.8 Å². The topological polar surface area (TPSA) is 93.6 Å². The van der Waals surface area contributed by atoms with Crippen LogP contribution >= 0.6 is 0 Å². The maximum absolute atomic E-state index is 12.6. The van der Waals surface area contributed by atoms with Gasteiger partial charge in [0.2, 0.25) is 5.91 Å². The van der Waals surface area contributed by atoms with E-state index in [0.29, 0.717) is 28.9 Å². The smallest absolute Gasteiger partial charge is 0.248 e. The predicted molar refractivity (Wildman–Crippen MR) is 124 cm³/mol. The van der Waals surface area contributed by atoms with Gasteiger partial charge in [0.1, 0.15) is 0 Å². The number of amides is 1. The monoisotopic (exact) mass is 427 g/mol. The van der Waals surface area contributed by atoms with Crippen LogP contribution < -0.4 is 5.73 Å². The zero-order valence-corrected chi connectivity index (χ0v) is 18.2. The second-order valence-electron chi connectivity index (χ2n) is 7.99. The van der Waals surface area contributed by atoms with E-state index in [-0.39, 0.29) is 5.78 Å². The van der Waals surface area contributed by atoms with Crippen LogP contribution in [0.2, 0.25) is 0 Å². The normalized spacial score (nSPS) is 11.2. The van der Waals surface area contributed by atoms with Crippen molar-refractivity contribution in [3.05, 3.63) is 78.0 Å². The van der Waals surface area contributed by atoms with Gasteiger partial charge < -0.3 is 10.6 Å². The van der Waals surface area contributed by atoms with E-state index in [9.17, 15) is 9.59 Å². The fourth-order valence-corrected chi connectivity index (χ4v) is 3.61. The lowest BCUT2D eigenvalue weighted by atomic mass is 10.0. The molecule has 4 aromatic rings. The number of nitrogens with two attached hydrogens (primary N) is 1. The molecule has 1 amide bonds. The molecule has 4 rings (SSSR count). The van der Waals surface area contributed by atoms with Gasteiger partial charge in [0.15, 0.2) is 11.4 Å². The van der Waals surface area contributed by atoms with Crippen LogP contribution in [0.15, 0.2) is 66.9 Å². The fourth-order valence-electron chi connectivity index (χ4n) is 3.61. The molecule has 2 aromatic carbocycles. The number of hydrogen-bond donors (Lipinski definition) is 1. The maximum atomic E-state index is 12.6. The van der Waals surface area contributed by atoms with Crippen molar-refractivity contribution in [3.8, 4) is 22.5 Å². The highest BCUT2D eigenvalue weighted by molar-refractivity contribution is 5.97. The summed E-state index contributed by atoms with van der Waals surface area (Å²) in [6.07, 6.45) is 3.08. The molecule has 0 radical (unpaired) electrons. The number of carbonyl (C=O) groups excluding carboxylic acids is 2. The van der Waals surface area contributed by atoms with Gasteiger partial charge in [-0.1, -0.05) is 30.3 Å². The number of primary amides is 1. The molecule has 2 heterocycles. The number of rotatable bonds is 8. The molecule has 0 aliphatic carbocycles. The van der Waals surface area contributed by atoms with Crippen molar-refractivity contribution in [2.24, 2.45) is 5.73 Å². The van der Waals surface area contributed by atoms with Crippen LogP contribution in [0.4, 0.5) is 0 Å².